The molecule has 0 aliphatic carbocycles. The molecule has 0 amide bonds. The van der Waals surface area contributed by atoms with Crippen LogP contribution in [0, 0.1) is 0 Å². The Morgan fingerprint density at radius 1 is 1.43 bits per heavy atom. The molecule has 1 N–H and O–H groups in total. The Labute approximate surface area is 121 Å². The summed E-state index contributed by atoms with van der Waals surface area (Å²) in [5.74, 6) is 0.693. The molecule has 7 heteroatoms. The second kappa shape index (κ2) is 5.53. The zero-order valence-electron chi connectivity index (χ0n) is 11.7. The highest BCUT2D eigenvalue weighted by molar-refractivity contribution is 5.88. The third-order valence-electron chi connectivity index (χ3n) is 3.64. The Bertz CT molecular complexity index is 668. The molecule has 0 unspecified atom stereocenters. The number of carboxylic acid groups (broad SMARTS) is 1. The molecule has 0 fully saturated rings. The number of methoxy groups -OCH3 is 1. The highest BCUT2D eigenvalue weighted by Crippen LogP contribution is 2.23. The summed E-state index contributed by atoms with van der Waals surface area (Å²) in [7, 11) is 1.59. The first kappa shape index (κ1) is 13.6. The van der Waals surface area contributed by atoms with E-state index in [0.29, 0.717) is 18.8 Å². The average Bonchev–Trinajstić information content (AvgIpc) is 2.94. The predicted molar refractivity (Wildman–Crippen MR) is 74.1 cm³/mol. The lowest BCUT2D eigenvalue weighted by Gasteiger charge is -2.27. The molecule has 0 radical (unpaired) electrons. The predicted octanol–water partition coefficient (Wildman–Crippen LogP) is 1.00. The fourth-order valence-electron chi connectivity index (χ4n) is 2.53. The number of aromatic nitrogens is 3. The highest BCUT2D eigenvalue weighted by atomic mass is 16.5. The van der Waals surface area contributed by atoms with E-state index in [0.717, 1.165) is 24.5 Å². The van der Waals surface area contributed by atoms with Gasteiger partial charge in [-0.3, -0.25) is 4.90 Å². The normalized spacial score (nSPS) is 14.7. The average molecular weight is 288 g/mol. The maximum Gasteiger partial charge on any atom is 0.335 e. The molecule has 0 spiro atoms. The van der Waals surface area contributed by atoms with Gasteiger partial charge in [0.15, 0.2) is 0 Å². The molecule has 0 bridgehead atoms. The Kier molecular flexibility index (Phi) is 3.57. The number of hydrogen-bond acceptors (Lipinski definition) is 5. The number of hydrogen-bond donors (Lipinski definition) is 1. The van der Waals surface area contributed by atoms with E-state index in [2.05, 4.69) is 15.1 Å². The molecule has 3 rings (SSSR count). The quantitative estimate of drug-likeness (QED) is 0.904. The first-order chi connectivity index (χ1) is 10.2. The molecule has 1 aromatic carbocycles. The van der Waals surface area contributed by atoms with Crippen molar-refractivity contribution in [3.05, 3.63) is 41.5 Å². The standard InChI is InChI=1S/C14H16N4O3/c1-21-12-3-2-10(14(19)20)6-11(12)7-17-4-5-18-9-15-16-13(18)8-17/h2-3,6,9H,4-5,7-8H2,1H3,(H,19,20). The SMILES string of the molecule is COc1ccc(C(=O)O)cc1CN1CCn2cnnc2C1. The first-order valence-corrected chi connectivity index (χ1v) is 6.66. The summed E-state index contributed by atoms with van der Waals surface area (Å²) in [6.07, 6.45) is 1.73. The summed E-state index contributed by atoms with van der Waals surface area (Å²) in [6, 6.07) is 4.92. The molecule has 1 aromatic heterocycles. The lowest BCUT2D eigenvalue weighted by Crippen LogP contribution is -2.33. The topological polar surface area (TPSA) is 80.5 Å². The number of rotatable bonds is 4. The van der Waals surface area contributed by atoms with Gasteiger partial charge >= 0.3 is 5.97 Å². The Balaban J connectivity index is 1.81. The molecule has 0 atom stereocenters. The van der Waals surface area contributed by atoms with E-state index < -0.39 is 5.97 Å². The summed E-state index contributed by atoms with van der Waals surface area (Å²) < 4.78 is 7.35. The second-order valence-corrected chi connectivity index (χ2v) is 4.98. The fourth-order valence-corrected chi connectivity index (χ4v) is 2.53. The van der Waals surface area contributed by atoms with Gasteiger partial charge in [0.1, 0.15) is 17.9 Å². The van der Waals surface area contributed by atoms with Crippen LogP contribution in [0.2, 0.25) is 0 Å². The Hall–Kier alpha value is -2.41. The molecule has 0 saturated carbocycles. The van der Waals surface area contributed by atoms with Gasteiger partial charge < -0.3 is 14.4 Å². The van der Waals surface area contributed by atoms with Gasteiger partial charge in [0, 0.05) is 25.2 Å². The summed E-state index contributed by atoms with van der Waals surface area (Å²) in [4.78, 5) is 13.3. The van der Waals surface area contributed by atoms with Crippen LogP contribution in [0.3, 0.4) is 0 Å². The molecule has 1 aliphatic rings. The molecule has 7 nitrogen and oxygen atoms in total. The Morgan fingerprint density at radius 3 is 3.05 bits per heavy atom. The first-order valence-electron chi connectivity index (χ1n) is 6.66. The number of carbonyl (C=O) groups is 1. The van der Waals surface area contributed by atoms with E-state index in [1.807, 2.05) is 4.57 Å². The molecule has 0 saturated heterocycles. The van der Waals surface area contributed by atoms with Gasteiger partial charge in [0.25, 0.3) is 0 Å². The van der Waals surface area contributed by atoms with Crippen molar-refractivity contribution in [2.24, 2.45) is 0 Å². The van der Waals surface area contributed by atoms with Crippen molar-refractivity contribution in [2.75, 3.05) is 13.7 Å². The van der Waals surface area contributed by atoms with Crippen molar-refractivity contribution in [2.45, 2.75) is 19.6 Å². The lowest BCUT2D eigenvalue weighted by atomic mass is 10.1. The summed E-state index contributed by atoms with van der Waals surface area (Å²) in [6.45, 7) is 3.02. The largest absolute Gasteiger partial charge is 0.496 e. The minimum Gasteiger partial charge on any atom is -0.496 e. The van der Waals surface area contributed by atoms with Crippen LogP contribution in [-0.2, 0) is 19.6 Å². The fraction of sp³-hybridized carbons (Fsp3) is 0.357. The molecule has 110 valence electrons. The monoisotopic (exact) mass is 288 g/mol. The van der Waals surface area contributed by atoms with Crippen molar-refractivity contribution < 1.29 is 14.6 Å². The molecule has 21 heavy (non-hydrogen) atoms. The smallest absolute Gasteiger partial charge is 0.335 e. The Morgan fingerprint density at radius 2 is 2.29 bits per heavy atom. The number of nitrogens with zero attached hydrogens (tertiary/aromatic N) is 4. The summed E-state index contributed by atoms with van der Waals surface area (Å²) >= 11 is 0. The van der Waals surface area contributed by atoms with Crippen LogP contribution in [-0.4, -0.2) is 44.4 Å². The maximum absolute atomic E-state index is 11.1. The number of fused-ring (bicyclic) bond motifs is 1. The molecule has 2 aromatic rings. The van der Waals surface area contributed by atoms with E-state index in [9.17, 15) is 4.79 Å². The molecule has 2 heterocycles. The van der Waals surface area contributed by atoms with Crippen LogP contribution in [0.5, 0.6) is 5.75 Å². The van der Waals surface area contributed by atoms with E-state index in [1.165, 1.54) is 0 Å². The van der Waals surface area contributed by atoms with Crippen molar-refractivity contribution in [1.29, 1.82) is 0 Å². The highest BCUT2D eigenvalue weighted by Gasteiger charge is 2.19. The van der Waals surface area contributed by atoms with Crippen LogP contribution in [0.25, 0.3) is 0 Å². The van der Waals surface area contributed by atoms with Gasteiger partial charge in [-0.1, -0.05) is 0 Å². The van der Waals surface area contributed by atoms with Crippen molar-refractivity contribution in [3.8, 4) is 5.75 Å². The van der Waals surface area contributed by atoms with Crippen LogP contribution in [0.4, 0.5) is 0 Å². The van der Waals surface area contributed by atoms with Gasteiger partial charge in [-0.2, -0.15) is 0 Å². The van der Waals surface area contributed by atoms with Crippen molar-refractivity contribution >= 4 is 5.97 Å². The third-order valence-corrected chi connectivity index (χ3v) is 3.64. The van der Waals surface area contributed by atoms with Gasteiger partial charge in [0.05, 0.1) is 19.2 Å². The van der Waals surface area contributed by atoms with Gasteiger partial charge in [-0.05, 0) is 18.2 Å². The number of carboxylic acids is 1. The molecular weight excluding hydrogens is 272 g/mol. The number of ether oxygens (including phenoxy) is 1. The van der Waals surface area contributed by atoms with Crippen molar-refractivity contribution in [1.82, 2.24) is 19.7 Å². The summed E-state index contributed by atoms with van der Waals surface area (Å²) in [5, 5.41) is 17.1. The third kappa shape index (κ3) is 2.73. The van der Waals surface area contributed by atoms with Crippen LogP contribution < -0.4 is 4.74 Å². The number of benzene rings is 1. The summed E-state index contributed by atoms with van der Waals surface area (Å²) in [5.41, 5.74) is 1.14. The van der Waals surface area contributed by atoms with Gasteiger partial charge in [-0.15, -0.1) is 10.2 Å². The minimum atomic E-state index is -0.933. The lowest BCUT2D eigenvalue weighted by molar-refractivity contribution is 0.0696. The van der Waals surface area contributed by atoms with Crippen LogP contribution in [0.15, 0.2) is 24.5 Å². The van der Waals surface area contributed by atoms with Crippen LogP contribution >= 0.6 is 0 Å². The van der Waals surface area contributed by atoms with E-state index >= 15 is 0 Å². The second-order valence-electron chi connectivity index (χ2n) is 4.98. The molecule has 1 aliphatic heterocycles. The van der Waals surface area contributed by atoms with Crippen LogP contribution in [0.1, 0.15) is 21.7 Å². The zero-order chi connectivity index (χ0) is 14.8. The number of aromatic carboxylic acids is 1. The zero-order valence-corrected chi connectivity index (χ0v) is 11.7. The van der Waals surface area contributed by atoms with Gasteiger partial charge in [-0.25, -0.2) is 4.79 Å². The van der Waals surface area contributed by atoms with Gasteiger partial charge in [0.2, 0.25) is 0 Å². The van der Waals surface area contributed by atoms with Crippen molar-refractivity contribution in [3.63, 3.8) is 0 Å². The maximum atomic E-state index is 11.1. The van der Waals surface area contributed by atoms with E-state index in [4.69, 9.17) is 9.84 Å². The van der Waals surface area contributed by atoms with E-state index in [-0.39, 0.29) is 5.56 Å². The minimum absolute atomic E-state index is 0.269. The van der Waals surface area contributed by atoms with E-state index in [1.54, 1.807) is 31.6 Å². The molecular formula is C14H16N4O3.